The van der Waals surface area contributed by atoms with Crippen LogP contribution in [0.1, 0.15) is 12.5 Å². The zero-order chi connectivity index (χ0) is 11.7. The minimum Gasteiger partial charge on any atom is -0.506 e. The van der Waals surface area contributed by atoms with Gasteiger partial charge in [-0.1, -0.05) is 17.3 Å². The van der Waals surface area contributed by atoms with Gasteiger partial charge in [-0.15, -0.1) is 0 Å². The van der Waals surface area contributed by atoms with Crippen molar-refractivity contribution in [2.45, 2.75) is 6.92 Å². The zero-order valence-electron chi connectivity index (χ0n) is 8.56. The first-order chi connectivity index (χ1) is 7.65. The number of fused-ring (bicyclic) bond motifs is 1. The highest BCUT2D eigenvalue weighted by Gasteiger charge is 2.14. The molecule has 0 atom stereocenters. The second-order valence-electron chi connectivity index (χ2n) is 3.41. The molecule has 3 N–H and O–H groups in total. The molecule has 0 saturated heterocycles. The Bertz CT molecular complexity index is 629. The topological polar surface area (TPSA) is 85.7 Å². The van der Waals surface area contributed by atoms with Crippen molar-refractivity contribution in [2.75, 3.05) is 0 Å². The van der Waals surface area contributed by atoms with Gasteiger partial charge >= 0.3 is 0 Å². The van der Waals surface area contributed by atoms with Crippen LogP contribution >= 0.6 is 0 Å². The van der Waals surface area contributed by atoms with Crippen LogP contribution in [0.4, 0.5) is 0 Å². The number of nitrogens with one attached hydrogen (secondary N) is 1. The third-order valence-electron chi connectivity index (χ3n) is 2.41. The minimum absolute atomic E-state index is 0.0128. The Labute approximate surface area is 90.7 Å². The van der Waals surface area contributed by atoms with E-state index in [0.29, 0.717) is 10.9 Å². The van der Waals surface area contributed by atoms with E-state index in [1.165, 1.54) is 6.92 Å². The van der Waals surface area contributed by atoms with E-state index in [0.717, 1.165) is 0 Å². The fourth-order valence-electron chi connectivity index (χ4n) is 1.61. The standard InChI is InChI=1S/C11H10N2O3/c1-6(13-16)9-10(14)7-4-2-3-5-8(7)12-11(9)15/h2-5,16H,1H3,(H2,12,14,15). The number of aromatic amines is 1. The van der Waals surface area contributed by atoms with E-state index in [2.05, 4.69) is 10.1 Å². The Kier molecular flexibility index (Phi) is 2.36. The van der Waals surface area contributed by atoms with Gasteiger partial charge in [-0.3, -0.25) is 4.79 Å². The van der Waals surface area contributed by atoms with Crippen LogP contribution in [0.2, 0.25) is 0 Å². The van der Waals surface area contributed by atoms with Gasteiger partial charge in [-0.05, 0) is 19.1 Å². The van der Waals surface area contributed by atoms with E-state index in [1.807, 2.05) is 0 Å². The summed E-state index contributed by atoms with van der Waals surface area (Å²) in [6.45, 7) is 1.44. The van der Waals surface area contributed by atoms with Crippen molar-refractivity contribution in [2.24, 2.45) is 5.16 Å². The van der Waals surface area contributed by atoms with Crippen LogP contribution in [0.25, 0.3) is 10.9 Å². The summed E-state index contributed by atoms with van der Waals surface area (Å²) in [6.07, 6.45) is 0. The van der Waals surface area contributed by atoms with Crippen LogP contribution in [-0.2, 0) is 0 Å². The van der Waals surface area contributed by atoms with Crippen molar-refractivity contribution in [1.82, 2.24) is 4.98 Å². The summed E-state index contributed by atoms with van der Waals surface area (Å²) in [5.74, 6) is -0.172. The van der Waals surface area contributed by atoms with Crippen molar-refractivity contribution in [1.29, 1.82) is 0 Å². The number of para-hydroxylation sites is 1. The number of nitrogens with zero attached hydrogens (tertiary/aromatic N) is 1. The number of hydrogen-bond acceptors (Lipinski definition) is 4. The summed E-state index contributed by atoms with van der Waals surface area (Å²) in [4.78, 5) is 14.3. The fraction of sp³-hybridized carbons (Fsp3) is 0.0909. The van der Waals surface area contributed by atoms with E-state index >= 15 is 0 Å². The van der Waals surface area contributed by atoms with Gasteiger partial charge in [0.15, 0.2) is 0 Å². The molecule has 0 bridgehead atoms. The molecule has 0 radical (unpaired) electrons. The van der Waals surface area contributed by atoms with Gasteiger partial charge in [-0.25, -0.2) is 0 Å². The number of benzene rings is 1. The minimum atomic E-state index is -0.480. The Morgan fingerprint density at radius 3 is 2.75 bits per heavy atom. The molecule has 0 fully saturated rings. The second-order valence-corrected chi connectivity index (χ2v) is 3.41. The Balaban J connectivity index is 2.92. The van der Waals surface area contributed by atoms with Gasteiger partial charge in [0, 0.05) is 5.39 Å². The zero-order valence-corrected chi connectivity index (χ0v) is 8.56. The average molecular weight is 218 g/mol. The van der Waals surface area contributed by atoms with Crippen LogP contribution in [0, 0.1) is 0 Å². The highest BCUT2D eigenvalue weighted by molar-refractivity contribution is 6.04. The second kappa shape index (κ2) is 3.69. The van der Waals surface area contributed by atoms with Crippen molar-refractivity contribution in [3.05, 3.63) is 40.2 Å². The molecule has 5 heteroatoms. The predicted octanol–water partition coefficient (Wildman–Crippen LogP) is 1.43. The summed E-state index contributed by atoms with van der Waals surface area (Å²) in [6, 6.07) is 6.86. The molecular weight excluding hydrogens is 208 g/mol. The molecule has 1 aromatic carbocycles. The first-order valence-electron chi connectivity index (χ1n) is 4.68. The number of aromatic nitrogens is 1. The number of oxime groups is 1. The summed E-state index contributed by atoms with van der Waals surface area (Å²) in [5.41, 5.74) is 0.122. The molecule has 1 aromatic heterocycles. The predicted molar refractivity (Wildman–Crippen MR) is 60.2 cm³/mol. The normalized spacial score (nSPS) is 11.9. The Morgan fingerprint density at radius 2 is 2.06 bits per heavy atom. The van der Waals surface area contributed by atoms with Gasteiger partial charge in [0.2, 0.25) is 0 Å². The molecule has 2 rings (SSSR count). The largest absolute Gasteiger partial charge is 0.506 e. The molecule has 0 spiro atoms. The SMILES string of the molecule is CC(=NO)c1c(O)c2ccccc2[nH]c1=O. The molecule has 0 saturated carbocycles. The smallest absolute Gasteiger partial charge is 0.261 e. The van der Waals surface area contributed by atoms with Gasteiger partial charge < -0.3 is 15.3 Å². The first-order valence-corrected chi connectivity index (χ1v) is 4.68. The molecule has 2 aromatic rings. The Morgan fingerprint density at radius 1 is 1.38 bits per heavy atom. The summed E-state index contributed by atoms with van der Waals surface area (Å²) >= 11 is 0. The van der Waals surface area contributed by atoms with Gasteiger partial charge in [-0.2, -0.15) is 0 Å². The van der Waals surface area contributed by atoms with Crippen LogP contribution < -0.4 is 5.56 Å². The third-order valence-corrected chi connectivity index (χ3v) is 2.41. The average Bonchev–Trinajstić information content (AvgIpc) is 2.28. The molecule has 0 aliphatic rings. The number of pyridine rings is 1. The summed E-state index contributed by atoms with van der Waals surface area (Å²) < 4.78 is 0. The molecule has 5 nitrogen and oxygen atoms in total. The lowest BCUT2D eigenvalue weighted by Crippen LogP contribution is -2.16. The van der Waals surface area contributed by atoms with E-state index in [4.69, 9.17) is 5.21 Å². The van der Waals surface area contributed by atoms with E-state index in [9.17, 15) is 9.90 Å². The van der Waals surface area contributed by atoms with Gasteiger partial charge in [0.1, 0.15) is 11.3 Å². The highest BCUT2D eigenvalue weighted by atomic mass is 16.4. The molecular formula is C11H10N2O3. The maximum Gasteiger partial charge on any atom is 0.261 e. The number of rotatable bonds is 1. The lowest BCUT2D eigenvalue weighted by atomic mass is 10.1. The van der Waals surface area contributed by atoms with Crippen LogP contribution in [0.5, 0.6) is 5.75 Å². The van der Waals surface area contributed by atoms with Crippen molar-refractivity contribution >= 4 is 16.6 Å². The van der Waals surface area contributed by atoms with Crippen molar-refractivity contribution in [3.63, 3.8) is 0 Å². The number of hydrogen-bond donors (Lipinski definition) is 3. The third kappa shape index (κ3) is 1.42. The van der Waals surface area contributed by atoms with Crippen LogP contribution in [-0.4, -0.2) is 21.0 Å². The summed E-state index contributed by atoms with van der Waals surface area (Å²) in [5, 5.41) is 22.0. The van der Waals surface area contributed by atoms with Gasteiger partial charge in [0.25, 0.3) is 5.56 Å². The van der Waals surface area contributed by atoms with E-state index in [-0.39, 0.29) is 17.0 Å². The summed E-state index contributed by atoms with van der Waals surface area (Å²) in [7, 11) is 0. The van der Waals surface area contributed by atoms with Crippen LogP contribution in [0.3, 0.4) is 0 Å². The lowest BCUT2D eigenvalue weighted by Gasteiger charge is -2.05. The van der Waals surface area contributed by atoms with Gasteiger partial charge in [0.05, 0.1) is 11.2 Å². The monoisotopic (exact) mass is 218 g/mol. The number of aromatic hydroxyl groups is 1. The Hall–Kier alpha value is -2.30. The molecule has 82 valence electrons. The fourth-order valence-corrected chi connectivity index (χ4v) is 1.61. The maximum absolute atomic E-state index is 11.6. The van der Waals surface area contributed by atoms with E-state index in [1.54, 1.807) is 24.3 Å². The highest BCUT2D eigenvalue weighted by Crippen LogP contribution is 2.24. The quantitative estimate of drug-likeness (QED) is 0.384. The number of H-pyrrole nitrogens is 1. The lowest BCUT2D eigenvalue weighted by molar-refractivity contribution is 0.318. The first kappa shape index (κ1) is 10.2. The van der Waals surface area contributed by atoms with Crippen molar-refractivity contribution in [3.8, 4) is 5.75 Å². The molecule has 1 heterocycles. The van der Waals surface area contributed by atoms with Crippen LogP contribution in [0.15, 0.2) is 34.2 Å². The molecule has 0 amide bonds. The maximum atomic E-state index is 11.6. The molecule has 0 aliphatic carbocycles. The molecule has 0 unspecified atom stereocenters. The van der Waals surface area contributed by atoms with E-state index < -0.39 is 5.56 Å². The molecule has 0 aliphatic heterocycles. The van der Waals surface area contributed by atoms with Crippen molar-refractivity contribution < 1.29 is 10.3 Å². The molecule has 16 heavy (non-hydrogen) atoms.